The molecule has 0 radical (unpaired) electrons. The number of carboxylic acid groups (broad SMARTS) is 1. The molecular formula is C8H12O4. The van der Waals surface area contributed by atoms with Crippen molar-refractivity contribution >= 4 is 11.9 Å². The highest BCUT2D eigenvalue weighted by molar-refractivity contribution is 5.72. The van der Waals surface area contributed by atoms with Gasteiger partial charge in [0.1, 0.15) is 0 Å². The number of carbonyl (C=O) groups is 2. The van der Waals surface area contributed by atoms with E-state index in [9.17, 15) is 9.59 Å². The van der Waals surface area contributed by atoms with E-state index in [2.05, 4.69) is 4.74 Å². The van der Waals surface area contributed by atoms with Gasteiger partial charge in [-0.05, 0) is 6.92 Å². The Kier molecular flexibility index (Phi) is 5.69. The smallest absolute Gasteiger partial charge is 0.309 e. The van der Waals surface area contributed by atoms with E-state index in [1.54, 1.807) is 6.92 Å². The lowest BCUT2D eigenvalue weighted by molar-refractivity contribution is -0.142. The van der Waals surface area contributed by atoms with E-state index in [0.29, 0.717) is 6.61 Å². The molecule has 68 valence electrons. The van der Waals surface area contributed by atoms with Crippen LogP contribution in [0.5, 0.6) is 0 Å². The van der Waals surface area contributed by atoms with Crippen molar-refractivity contribution < 1.29 is 19.4 Å². The second-order valence-corrected chi connectivity index (χ2v) is 2.08. The van der Waals surface area contributed by atoms with E-state index in [1.807, 2.05) is 0 Å². The first kappa shape index (κ1) is 10.7. The van der Waals surface area contributed by atoms with Gasteiger partial charge in [-0.15, -0.1) is 0 Å². The summed E-state index contributed by atoms with van der Waals surface area (Å²) in [5, 5.41) is 8.21. The zero-order chi connectivity index (χ0) is 9.40. The molecule has 12 heavy (non-hydrogen) atoms. The second-order valence-electron chi connectivity index (χ2n) is 2.08. The predicted molar refractivity (Wildman–Crippen MR) is 42.6 cm³/mol. The van der Waals surface area contributed by atoms with Crippen LogP contribution < -0.4 is 0 Å². The largest absolute Gasteiger partial charge is 0.481 e. The molecule has 0 aliphatic rings. The molecule has 0 rings (SSSR count). The molecule has 0 aromatic carbocycles. The Morgan fingerprint density at radius 3 is 2.42 bits per heavy atom. The van der Waals surface area contributed by atoms with Crippen LogP contribution in [-0.2, 0) is 14.3 Å². The zero-order valence-corrected chi connectivity index (χ0v) is 6.95. The van der Waals surface area contributed by atoms with E-state index in [4.69, 9.17) is 5.11 Å². The number of carbonyl (C=O) groups excluding carboxylic acids is 1. The third kappa shape index (κ3) is 6.80. The van der Waals surface area contributed by atoms with E-state index in [-0.39, 0.29) is 18.8 Å². The molecule has 0 saturated heterocycles. The summed E-state index contributed by atoms with van der Waals surface area (Å²) in [7, 11) is 0. The number of ether oxygens (including phenoxy) is 1. The molecule has 0 amide bonds. The Morgan fingerprint density at radius 2 is 1.92 bits per heavy atom. The summed E-state index contributed by atoms with van der Waals surface area (Å²) in [6, 6.07) is 0. The molecule has 0 saturated carbocycles. The Hall–Kier alpha value is -1.32. The van der Waals surface area contributed by atoms with Gasteiger partial charge in [-0.25, -0.2) is 0 Å². The Labute approximate surface area is 70.8 Å². The van der Waals surface area contributed by atoms with Gasteiger partial charge >= 0.3 is 11.9 Å². The minimum absolute atomic E-state index is 0.0561. The maximum absolute atomic E-state index is 10.7. The van der Waals surface area contributed by atoms with Gasteiger partial charge in [0.15, 0.2) is 0 Å². The van der Waals surface area contributed by atoms with Gasteiger partial charge in [-0.2, -0.15) is 0 Å². The molecule has 0 aromatic rings. The highest BCUT2D eigenvalue weighted by Crippen LogP contribution is 1.90. The van der Waals surface area contributed by atoms with Crippen LogP contribution in [0.3, 0.4) is 0 Å². The molecule has 4 heteroatoms. The summed E-state index contributed by atoms with van der Waals surface area (Å²) in [6.07, 6.45) is 3.01. The SMILES string of the molecule is CCOC(=O)CC=CCC(=O)O. The summed E-state index contributed by atoms with van der Waals surface area (Å²) in [5.41, 5.74) is 0. The lowest BCUT2D eigenvalue weighted by Crippen LogP contribution is -2.01. The number of carboxylic acids is 1. The van der Waals surface area contributed by atoms with Crippen LogP contribution in [0.4, 0.5) is 0 Å². The lowest BCUT2D eigenvalue weighted by Gasteiger charge is -1.95. The molecule has 0 unspecified atom stereocenters. The molecule has 0 aromatic heterocycles. The lowest BCUT2D eigenvalue weighted by atomic mass is 10.3. The van der Waals surface area contributed by atoms with Gasteiger partial charge in [0.2, 0.25) is 0 Å². The molecule has 0 heterocycles. The summed E-state index contributed by atoms with van der Waals surface area (Å²) in [5.74, 6) is -1.24. The first-order valence-electron chi connectivity index (χ1n) is 3.69. The molecule has 0 atom stereocenters. The number of hydrogen-bond acceptors (Lipinski definition) is 3. The molecule has 0 aliphatic carbocycles. The van der Waals surface area contributed by atoms with Crippen molar-refractivity contribution in [3.8, 4) is 0 Å². The van der Waals surface area contributed by atoms with Crippen molar-refractivity contribution in [1.82, 2.24) is 0 Å². The Bertz CT molecular complexity index is 183. The van der Waals surface area contributed by atoms with Gasteiger partial charge in [-0.1, -0.05) is 12.2 Å². The summed E-state index contributed by atoms with van der Waals surface area (Å²) in [4.78, 5) is 20.7. The van der Waals surface area contributed by atoms with Crippen LogP contribution in [0.2, 0.25) is 0 Å². The number of hydrogen-bond donors (Lipinski definition) is 1. The molecular weight excluding hydrogens is 160 g/mol. The van der Waals surface area contributed by atoms with Crippen molar-refractivity contribution in [2.24, 2.45) is 0 Å². The molecule has 0 fully saturated rings. The van der Waals surface area contributed by atoms with Crippen molar-refractivity contribution in [3.05, 3.63) is 12.2 Å². The maximum Gasteiger partial charge on any atom is 0.309 e. The van der Waals surface area contributed by atoms with Gasteiger partial charge < -0.3 is 9.84 Å². The molecule has 0 bridgehead atoms. The monoisotopic (exact) mass is 172 g/mol. The third-order valence-corrected chi connectivity index (χ3v) is 1.05. The number of aliphatic carboxylic acids is 1. The minimum atomic E-state index is -0.907. The fourth-order valence-electron chi connectivity index (χ4n) is 0.584. The van der Waals surface area contributed by atoms with Gasteiger partial charge in [0, 0.05) is 0 Å². The summed E-state index contributed by atoms with van der Waals surface area (Å²) < 4.78 is 4.61. The van der Waals surface area contributed by atoms with Crippen LogP contribution in [0, 0.1) is 0 Å². The van der Waals surface area contributed by atoms with Gasteiger partial charge in [0.25, 0.3) is 0 Å². The maximum atomic E-state index is 10.7. The quantitative estimate of drug-likeness (QED) is 0.495. The minimum Gasteiger partial charge on any atom is -0.481 e. The fourth-order valence-corrected chi connectivity index (χ4v) is 0.584. The van der Waals surface area contributed by atoms with Crippen LogP contribution in [0.1, 0.15) is 19.8 Å². The first-order valence-corrected chi connectivity index (χ1v) is 3.69. The summed E-state index contributed by atoms with van der Waals surface area (Å²) >= 11 is 0. The predicted octanol–water partition coefficient (Wildman–Crippen LogP) is 0.970. The van der Waals surface area contributed by atoms with Gasteiger partial charge in [0.05, 0.1) is 19.4 Å². The van der Waals surface area contributed by atoms with E-state index < -0.39 is 5.97 Å². The van der Waals surface area contributed by atoms with E-state index in [1.165, 1.54) is 12.2 Å². The molecule has 1 N–H and O–H groups in total. The van der Waals surface area contributed by atoms with E-state index in [0.717, 1.165) is 0 Å². The zero-order valence-electron chi connectivity index (χ0n) is 6.95. The van der Waals surface area contributed by atoms with Crippen molar-refractivity contribution in [2.75, 3.05) is 6.61 Å². The second kappa shape index (κ2) is 6.39. The van der Waals surface area contributed by atoms with Crippen molar-refractivity contribution in [2.45, 2.75) is 19.8 Å². The van der Waals surface area contributed by atoms with Crippen LogP contribution >= 0.6 is 0 Å². The molecule has 0 spiro atoms. The number of esters is 1. The highest BCUT2D eigenvalue weighted by Gasteiger charge is 1.96. The summed E-state index contributed by atoms with van der Waals surface area (Å²) in [6.45, 7) is 2.07. The van der Waals surface area contributed by atoms with E-state index >= 15 is 0 Å². The normalized spacial score (nSPS) is 10.1. The van der Waals surface area contributed by atoms with Crippen molar-refractivity contribution in [3.63, 3.8) is 0 Å². The average Bonchev–Trinajstić information content (AvgIpc) is 1.98. The third-order valence-electron chi connectivity index (χ3n) is 1.05. The number of rotatable bonds is 5. The molecule has 4 nitrogen and oxygen atoms in total. The Morgan fingerprint density at radius 1 is 1.33 bits per heavy atom. The van der Waals surface area contributed by atoms with Crippen LogP contribution in [0.25, 0.3) is 0 Å². The van der Waals surface area contributed by atoms with Crippen molar-refractivity contribution in [1.29, 1.82) is 0 Å². The topological polar surface area (TPSA) is 63.6 Å². The molecule has 0 aliphatic heterocycles. The fraction of sp³-hybridized carbons (Fsp3) is 0.500. The highest BCUT2D eigenvalue weighted by atomic mass is 16.5. The van der Waals surface area contributed by atoms with Crippen LogP contribution in [-0.4, -0.2) is 23.7 Å². The van der Waals surface area contributed by atoms with Gasteiger partial charge in [-0.3, -0.25) is 9.59 Å². The standard InChI is InChI=1S/C8H12O4/c1-2-12-8(11)6-4-3-5-7(9)10/h3-4H,2,5-6H2,1H3,(H,9,10). The average molecular weight is 172 g/mol. The first-order chi connectivity index (χ1) is 5.66. The van der Waals surface area contributed by atoms with Crippen LogP contribution in [0.15, 0.2) is 12.2 Å². The Balaban J connectivity index is 3.46.